The van der Waals surface area contributed by atoms with Gasteiger partial charge in [0.15, 0.2) is 0 Å². The second-order valence-electron chi connectivity index (χ2n) is 4.77. The number of thiophene rings is 1. The minimum absolute atomic E-state index is 0.127. The molecule has 0 unspecified atom stereocenters. The van der Waals surface area contributed by atoms with Crippen LogP contribution in [0.1, 0.15) is 13.3 Å². The number of hydrogen-bond donors (Lipinski definition) is 1. The normalized spacial score (nSPS) is 11.2. The zero-order valence-corrected chi connectivity index (χ0v) is 14.6. The fourth-order valence-corrected chi connectivity index (χ4v) is 3.87. The standard InChI is InChI=1S/C14H13N5O4S2/c1-2-12(20)23-19-14(15-17-18-19)13-11(8-9-24-13)16-25(21,22)10-6-4-3-5-7-10/h3-9,16H,2H2,1H3. The molecule has 11 heteroatoms. The average Bonchev–Trinajstić information content (AvgIpc) is 3.24. The Kier molecular flexibility index (Phi) is 4.76. The van der Waals surface area contributed by atoms with E-state index in [2.05, 4.69) is 20.2 Å². The van der Waals surface area contributed by atoms with Gasteiger partial charge in [-0.25, -0.2) is 13.2 Å². The van der Waals surface area contributed by atoms with Gasteiger partial charge in [-0.2, -0.15) is 0 Å². The van der Waals surface area contributed by atoms with Crippen LogP contribution in [-0.2, 0) is 14.8 Å². The first-order valence-corrected chi connectivity index (χ1v) is 9.53. The lowest BCUT2D eigenvalue weighted by Gasteiger charge is -2.08. The van der Waals surface area contributed by atoms with Crippen LogP contribution in [0.4, 0.5) is 5.69 Å². The molecule has 0 amide bonds. The molecule has 0 bridgehead atoms. The van der Waals surface area contributed by atoms with Gasteiger partial charge in [-0.3, -0.25) is 4.72 Å². The van der Waals surface area contributed by atoms with Gasteiger partial charge in [-0.05, 0) is 38.9 Å². The summed E-state index contributed by atoms with van der Waals surface area (Å²) in [5, 5.41) is 12.6. The Bertz CT molecular complexity index is 982. The fourth-order valence-electron chi connectivity index (χ4n) is 1.90. The molecule has 130 valence electrons. The van der Waals surface area contributed by atoms with E-state index in [0.717, 1.165) is 4.85 Å². The van der Waals surface area contributed by atoms with E-state index in [4.69, 9.17) is 4.84 Å². The number of nitrogens with zero attached hydrogens (tertiary/aromatic N) is 4. The van der Waals surface area contributed by atoms with E-state index in [1.165, 1.54) is 23.5 Å². The highest BCUT2D eigenvalue weighted by atomic mass is 32.2. The summed E-state index contributed by atoms with van der Waals surface area (Å²) < 4.78 is 27.5. The molecule has 0 aliphatic carbocycles. The van der Waals surface area contributed by atoms with Crippen molar-refractivity contribution in [1.82, 2.24) is 20.4 Å². The van der Waals surface area contributed by atoms with Gasteiger partial charge < -0.3 is 4.84 Å². The number of benzene rings is 1. The predicted octanol–water partition coefficient (Wildman–Crippen LogP) is 1.57. The van der Waals surface area contributed by atoms with E-state index in [0.29, 0.717) is 4.88 Å². The number of carbonyl (C=O) groups is 1. The monoisotopic (exact) mass is 379 g/mol. The van der Waals surface area contributed by atoms with Crippen molar-refractivity contribution in [2.75, 3.05) is 4.72 Å². The van der Waals surface area contributed by atoms with Crippen molar-refractivity contribution in [2.24, 2.45) is 0 Å². The molecule has 0 atom stereocenters. The molecule has 0 aliphatic heterocycles. The molecule has 2 aromatic heterocycles. The third-order valence-corrected chi connectivity index (χ3v) is 5.38. The number of sulfonamides is 1. The van der Waals surface area contributed by atoms with Gasteiger partial charge in [-0.1, -0.05) is 25.1 Å². The summed E-state index contributed by atoms with van der Waals surface area (Å²) >= 11 is 1.21. The summed E-state index contributed by atoms with van der Waals surface area (Å²) in [7, 11) is -3.77. The van der Waals surface area contributed by atoms with Crippen molar-refractivity contribution in [3.63, 3.8) is 0 Å². The van der Waals surface area contributed by atoms with E-state index in [1.807, 2.05) is 0 Å². The van der Waals surface area contributed by atoms with Crippen LogP contribution in [0, 0.1) is 0 Å². The number of anilines is 1. The first-order chi connectivity index (χ1) is 12.0. The second kappa shape index (κ2) is 6.99. The van der Waals surface area contributed by atoms with E-state index < -0.39 is 16.0 Å². The third kappa shape index (κ3) is 3.67. The molecule has 1 aromatic carbocycles. The molecule has 0 saturated carbocycles. The summed E-state index contributed by atoms with van der Waals surface area (Å²) in [5.41, 5.74) is 0.289. The van der Waals surface area contributed by atoms with Crippen molar-refractivity contribution in [3.8, 4) is 10.7 Å². The summed E-state index contributed by atoms with van der Waals surface area (Å²) in [5.74, 6) is -0.390. The van der Waals surface area contributed by atoms with Crippen LogP contribution in [0.25, 0.3) is 10.7 Å². The zero-order valence-electron chi connectivity index (χ0n) is 13.0. The van der Waals surface area contributed by atoms with Crippen LogP contribution in [0.3, 0.4) is 0 Å². The number of rotatable bonds is 6. The maximum atomic E-state index is 12.5. The van der Waals surface area contributed by atoms with Crippen molar-refractivity contribution >= 4 is 33.0 Å². The van der Waals surface area contributed by atoms with Gasteiger partial charge in [-0.15, -0.1) is 16.4 Å². The number of carbonyl (C=O) groups excluding carboxylic acids is 1. The Hall–Kier alpha value is -2.79. The van der Waals surface area contributed by atoms with Gasteiger partial charge in [0, 0.05) is 6.42 Å². The van der Waals surface area contributed by atoms with E-state index >= 15 is 0 Å². The van der Waals surface area contributed by atoms with E-state index in [1.54, 1.807) is 36.6 Å². The zero-order chi connectivity index (χ0) is 17.9. The first kappa shape index (κ1) is 17.0. The van der Waals surface area contributed by atoms with Crippen LogP contribution in [0.15, 0.2) is 46.7 Å². The minimum Gasteiger partial charge on any atom is -0.316 e. The van der Waals surface area contributed by atoms with Crippen LogP contribution in [0.5, 0.6) is 0 Å². The maximum Gasteiger partial charge on any atom is 0.334 e. The Morgan fingerprint density at radius 2 is 2.04 bits per heavy atom. The van der Waals surface area contributed by atoms with Gasteiger partial charge in [0.25, 0.3) is 10.0 Å². The molecule has 0 spiro atoms. The van der Waals surface area contributed by atoms with Gasteiger partial charge in [0.05, 0.1) is 10.6 Å². The average molecular weight is 379 g/mol. The molecular weight excluding hydrogens is 366 g/mol. The van der Waals surface area contributed by atoms with Crippen molar-refractivity contribution < 1.29 is 18.0 Å². The highest BCUT2D eigenvalue weighted by Gasteiger charge is 2.21. The lowest BCUT2D eigenvalue weighted by molar-refractivity contribution is -0.145. The van der Waals surface area contributed by atoms with Crippen LogP contribution < -0.4 is 9.56 Å². The van der Waals surface area contributed by atoms with Gasteiger partial charge in [0.1, 0.15) is 4.88 Å². The lowest BCUT2D eigenvalue weighted by Crippen LogP contribution is -2.21. The molecule has 3 rings (SSSR count). The SMILES string of the molecule is CCC(=O)On1nnnc1-c1sccc1NS(=O)(=O)c1ccccc1. The second-order valence-corrected chi connectivity index (χ2v) is 7.37. The van der Waals surface area contributed by atoms with Crippen molar-refractivity contribution in [1.29, 1.82) is 0 Å². The predicted molar refractivity (Wildman–Crippen MR) is 90.3 cm³/mol. The van der Waals surface area contributed by atoms with E-state index in [9.17, 15) is 13.2 Å². The Morgan fingerprint density at radius 1 is 1.28 bits per heavy atom. The molecule has 0 fully saturated rings. The highest BCUT2D eigenvalue weighted by molar-refractivity contribution is 7.92. The molecule has 1 N–H and O–H groups in total. The molecule has 0 radical (unpaired) electrons. The van der Waals surface area contributed by atoms with Crippen molar-refractivity contribution in [2.45, 2.75) is 18.2 Å². The minimum atomic E-state index is -3.77. The number of hydrogen-bond acceptors (Lipinski definition) is 8. The third-order valence-electron chi connectivity index (χ3n) is 3.08. The maximum absolute atomic E-state index is 12.5. The Labute approximate surface area is 147 Å². The molecule has 9 nitrogen and oxygen atoms in total. The summed E-state index contributed by atoms with van der Waals surface area (Å²) in [6, 6.07) is 9.55. The lowest BCUT2D eigenvalue weighted by atomic mass is 10.4. The Balaban J connectivity index is 1.92. The molecular formula is C14H13N5O4S2. The smallest absolute Gasteiger partial charge is 0.316 e. The van der Waals surface area contributed by atoms with Crippen LogP contribution >= 0.6 is 11.3 Å². The summed E-state index contributed by atoms with van der Waals surface area (Å²) in [6.45, 7) is 1.64. The number of tetrazole rings is 1. The van der Waals surface area contributed by atoms with E-state index in [-0.39, 0.29) is 22.8 Å². The molecule has 2 heterocycles. The molecule has 25 heavy (non-hydrogen) atoms. The van der Waals surface area contributed by atoms with Crippen LogP contribution in [-0.4, -0.2) is 34.8 Å². The first-order valence-electron chi connectivity index (χ1n) is 7.16. The molecule has 0 saturated heterocycles. The Morgan fingerprint density at radius 3 is 2.76 bits per heavy atom. The summed E-state index contributed by atoms with van der Waals surface area (Å²) in [6.07, 6.45) is 0.150. The molecule has 3 aromatic rings. The summed E-state index contributed by atoms with van der Waals surface area (Å²) in [4.78, 5) is 17.9. The number of aromatic nitrogens is 4. The fraction of sp³-hybridized carbons (Fsp3) is 0.143. The van der Waals surface area contributed by atoms with Gasteiger partial charge in [0.2, 0.25) is 5.82 Å². The molecule has 0 aliphatic rings. The highest BCUT2D eigenvalue weighted by Crippen LogP contribution is 2.33. The topological polar surface area (TPSA) is 116 Å². The van der Waals surface area contributed by atoms with Crippen LogP contribution in [0.2, 0.25) is 0 Å². The quantitative estimate of drug-likeness (QED) is 0.646. The van der Waals surface area contributed by atoms with Gasteiger partial charge >= 0.3 is 5.97 Å². The van der Waals surface area contributed by atoms with Crippen molar-refractivity contribution in [3.05, 3.63) is 41.8 Å². The number of nitrogens with one attached hydrogen (secondary N) is 1. The largest absolute Gasteiger partial charge is 0.334 e.